The Morgan fingerprint density at radius 2 is 2.00 bits per heavy atom. The molecule has 0 aromatic heterocycles. The molecule has 0 heterocycles. The largest absolute Gasteiger partial charge is 0.401 e. The van der Waals surface area contributed by atoms with Crippen LogP contribution in [0.25, 0.3) is 0 Å². The highest BCUT2D eigenvalue weighted by molar-refractivity contribution is 9.10. The van der Waals surface area contributed by atoms with Gasteiger partial charge < -0.3 is 5.32 Å². The van der Waals surface area contributed by atoms with Crippen molar-refractivity contribution >= 4 is 15.9 Å². The van der Waals surface area contributed by atoms with Crippen molar-refractivity contribution in [3.05, 3.63) is 34.3 Å². The van der Waals surface area contributed by atoms with E-state index in [1.54, 1.807) is 18.2 Å². The molecule has 0 atom stereocenters. The normalized spacial score (nSPS) is 11.7. The summed E-state index contributed by atoms with van der Waals surface area (Å²) in [4.78, 5) is 0. The Morgan fingerprint density at radius 1 is 1.29 bits per heavy atom. The topological polar surface area (TPSA) is 12.0 Å². The number of hydrogen-bond donors (Lipinski definition) is 1. The van der Waals surface area contributed by atoms with E-state index >= 15 is 0 Å². The van der Waals surface area contributed by atoms with E-state index in [0.29, 0.717) is 0 Å². The van der Waals surface area contributed by atoms with Gasteiger partial charge in [0.1, 0.15) is 0 Å². The molecule has 0 fully saturated rings. The van der Waals surface area contributed by atoms with Gasteiger partial charge in [0.2, 0.25) is 0 Å². The first-order valence-corrected chi connectivity index (χ1v) is 4.78. The van der Waals surface area contributed by atoms with E-state index in [1.165, 1.54) is 0 Å². The molecule has 1 rings (SSSR count). The van der Waals surface area contributed by atoms with Crippen LogP contribution in [0.1, 0.15) is 5.56 Å². The van der Waals surface area contributed by atoms with Crippen molar-refractivity contribution in [2.24, 2.45) is 0 Å². The zero-order valence-corrected chi connectivity index (χ0v) is 8.82. The predicted molar refractivity (Wildman–Crippen MR) is 51.9 cm³/mol. The molecular weight excluding hydrogens is 259 g/mol. The molecule has 78 valence electrons. The number of nitrogens with one attached hydrogen (secondary N) is 1. The molecule has 0 unspecified atom stereocenters. The molecule has 0 radical (unpaired) electrons. The smallest absolute Gasteiger partial charge is 0.305 e. The lowest BCUT2D eigenvalue weighted by atomic mass is 10.2. The van der Waals surface area contributed by atoms with Crippen LogP contribution in [-0.4, -0.2) is 12.7 Å². The maximum atomic E-state index is 11.8. The molecule has 5 heteroatoms. The summed E-state index contributed by atoms with van der Waals surface area (Å²) in [6, 6.07) is 7.17. The molecular formula is C9H9BrF3N. The van der Waals surface area contributed by atoms with Crippen LogP contribution in [0.5, 0.6) is 0 Å². The molecule has 1 nitrogen and oxygen atoms in total. The number of benzene rings is 1. The van der Waals surface area contributed by atoms with E-state index in [0.717, 1.165) is 10.0 Å². The van der Waals surface area contributed by atoms with Gasteiger partial charge in [-0.25, -0.2) is 0 Å². The van der Waals surface area contributed by atoms with Crippen LogP contribution in [0.4, 0.5) is 13.2 Å². The summed E-state index contributed by atoms with van der Waals surface area (Å²) in [5.41, 5.74) is 0.823. The van der Waals surface area contributed by atoms with Gasteiger partial charge in [-0.1, -0.05) is 28.1 Å². The monoisotopic (exact) mass is 267 g/mol. The second kappa shape index (κ2) is 4.79. The Hall–Kier alpha value is -0.550. The molecule has 0 amide bonds. The zero-order chi connectivity index (χ0) is 10.6. The van der Waals surface area contributed by atoms with E-state index in [9.17, 15) is 13.2 Å². The highest BCUT2D eigenvalue weighted by Gasteiger charge is 2.25. The first-order chi connectivity index (χ1) is 6.47. The zero-order valence-electron chi connectivity index (χ0n) is 7.24. The molecule has 14 heavy (non-hydrogen) atoms. The van der Waals surface area contributed by atoms with Crippen LogP contribution in [-0.2, 0) is 6.54 Å². The van der Waals surface area contributed by atoms with Gasteiger partial charge in [0.25, 0.3) is 0 Å². The average molecular weight is 268 g/mol. The summed E-state index contributed by atoms with van der Waals surface area (Å²) in [6.45, 7) is -0.738. The van der Waals surface area contributed by atoms with E-state index in [2.05, 4.69) is 21.2 Å². The van der Waals surface area contributed by atoms with Crippen LogP contribution in [0.3, 0.4) is 0 Å². The van der Waals surface area contributed by atoms with Gasteiger partial charge in [0.15, 0.2) is 0 Å². The summed E-state index contributed by atoms with van der Waals surface area (Å²) in [5.74, 6) is 0. The first kappa shape index (κ1) is 11.5. The molecule has 0 aliphatic carbocycles. The number of halogens is 4. The third kappa shape index (κ3) is 4.62. The van der Waals surface area contributed by atoms with E-state index in [4.69, 9.17) is 0 Å². The molecule has 1 aromatic carbocycles. The Kier molecular flexibility index (Phi) is 3.95. The van der Waals surface area contributed by atoms with Gasteiger partial charge in [-0.15, -0.1) is 0 Å². The molecule has 0 bridgehead atoms. The summed E-state index contributed by atoms with van der Waals surface area (Å²) in [6.07, 6.45) is -4.15. The Morgan fingerprint density at radius 3 is 2.57 bits per heavy atom. The highest BCUT2D eigenvalue weighted by Crippen LogP contribution is 2.14. The Balaban J connectivity index is 2.39. The van der Waals surface area contributed by atoms with Crippen molar-refractivity contribution in [2.75, 3.05) is 6.54 Å². The third-order valence-corrected chi connectivity index (χ3v) is 2.04. The average Bonchev–Trinajstić information content (AvgIpc) is 2.01. The Bertz CT molecular complexity index is 298. The van der Waals surface area contributed by atoms with Gasteiger partial charge in [-0.2, -0.15) is 13.2 Å². The van der Waals surface area contributed by atoms with Crippen LogP contribution in [0.15, 0.2) is 28.7 Å². The summed E-state index contributed by atoms with van der Waals surface area (Å²) >= 11 is 3.24. The third-order valence-electron chi connectivity index (χ3n) is 1.54. The van der Waals surface area contributed by atoms with Crippen LogP contribution < -0.4 is 5.32 Å². The minimum absolute atomic E-state index is 0.221. The fraction of sp³-hybridized carbons (Fsp3) is 0.333. The molecule has 0 aliphatic rings. The van der Waals surface area contributed by atoms with Gasteiger partial charge in [0.05, 0.1) is 6.54 Å². The van der Waals surface area contributed by atoms with Crippen molar-refractivity contribution in [1.82, 2.24) is 5.32 Å². The highest BCUT2D eigenvalue weighted by atomic mass is 79.9. The van der Waals surface area contributed by atoms with Crippen molar-refractivity contribution in [2.45, 2.75) is 12.7 Å². The summed E-state index contributed by atoms with van der Waals surface area (Å²) in [7, 11) is 0. The summed E-state index contributed by atoms with van der Waals surface area (Å²) in [5, 5.41) is 2.32. The number of rotatable bonds is 3. The molecule has 0 saturated carbocycles. The van der Waals surface area contributed by atoms with Crippen LogP contribution in [0.2, 0.25) is 0 Å². The first-order valence-electron chi connectivity index (χ1n) is 3.99. The fourth-order valence-electron chi connectivity index (χ4n) is 0.996. The standard InChI is InChI=1S/C9H9BrF3N/c10-8-3-1-2-7(4-8)5-14-6-9(11,12)13/h1-4,14H,5-6H2. The van der Waals surface area contributed by atoms with Gasteiger partial charge in [-0.05, 0) is 17.7 Å². The van der Waals surface area contributed by atoms with Crippen LogP contribution >= 0.6 is 15.9 Å². The van der Waals surface area contributed by atoms with Crippen molar-refractivity contribution in [3.8, 4) is 0 Å². The SMILES string of the molecule is FC(F)(F)CNCc1cccc(Br)c1. The molecule has 1 N–H and O–H groups in total. The maximum Gasteiger partial charge on any atom is 0.401 e. The molecule has 0 spiro atoms. The molecule has 0 saturated heterocycles. The maximum absolute atomic E-state index is 11.8. The van der Waals surface area contributed by atoms with E-state index < -0.39 is 12.7 Å². The minimum atomic E-state index is -4.15. The van der Waals surface area contributed by atoms with Crippen molar-refractivity contribution in [3.63, 3.8) is 0 Å². The summed E-state index contributed by atoms with van der Waals surface area (Å²) < 4.78 is 36.2. The Labute approximate surface area is 88.4 Å². The minimum Gasteiger partial charge on any atom is -0.305 e. The second-order valence-corrected chi connectivity index (χ2v) is 3.76. The van der Waals surface area contributed by atoms with Gasteiger partial charge in [0, 0.05) is 11.0 Å². The number of hydrogen-bond acceptors (Lipinski definition) is 1. The lowest BCUT2D eigenvalue weighted by molar-refractivity contribution is -0.125. The predicted octanol–water partition coefficient (Wildman–Crippen LogP) is 3.10. The van der Waals surface area contributed by atoms with E-state index in [1.807, 2.05) is 6.07 Å². The lowest BCUT2D eigenvalue weighted by Gasteiger charge is -2.08. The fourth-order valence-corrected chi connectivity index (χ4v) is 1.44. The lowest BCUT2D eigenvalue weighted by Crippen LogP contribution is -2.28. The van der Waals surface area contributed by atoms with Crippen LogP contribution in [0, 0.1) is 0 Å². The van der Waals surface area contributed by atoms with Crippen molar-refractivity contribution in [1.29, 1.82) is 0 Å². The quantitative estimate of drug-likeness (QED) is 0.888. The second-order valence-electron chi connectivity index (χ2n) is 2.85. The van der Waals surface area contributed by atoms with Gasteiger partial charge >= 0.3 is 6.18 Å². The number of alkyl halides is 3. The van der Waals surface area contributed by atoms with Crippen molar-refractivity contribution < 1.29 is 13.2 Å². The molecule has 1 aromatic rings. The van der Waals surface area contributed by atoms with Gasteiger partial charge in [-0.3, -0.25) is 0 Å². The van der Waals surface area contributed by atoms with E-state index in [-0.39, 0.29) is 6.54 Å². The molecule has 0 aliphatic heterocycles.